The fourth-order valence-electron chi connectivity index (χ4n) is 7.96. The van der Waals surface area contributed by atoms with Crippen LogP contribution in [0.25, 0.3) is 22.2 Å². The third-order valence-electron chi connectivity index (χ3n) is 11.1. The smallest absolute Gasteiger partial charge is 0.251 e. The largest absolute Gasteiger partial charge is 0.381 e. The van der Waals surface area contributed by atoms with Crippen LogP contribution >= 0.6 is 0 Å². The lowest BCUT2D eigenvalue weighted by Gasteiger charge is -2.26. The summed E-state index contributed by atoms with van der Waals surface area (Å²) < 4.78 is 22.7. The number of halogens is 1. The number of fused-ring (bicyclic) bond motifs is 1. The number of hydrogen-bond acceptors (Lipinski definition) is 8. The maximum atomic E-state index is 15.2. The van der Waals surface area contributed by atoms with E-state index in [9.17, 15) is 9.59 Å². The van der Waals surface area contributed by atoms with Crippen molar-refractivity contribution >= 4 is 28.5 Å². The first kappa shape index (κ1) is 40.0. The Labute approximate surface area is 335 Å². The van der Waals surface area contributed by atoms with Crippen LogP contribution in [0.4, 0.5) is 10.1 Å². The number of rotatable bonds is 13. The van der Waals surface area contributed by atoms with E-state index in [1.54, 1.807) is 30.3 Å². The molecule has 2 fully saturated rings. The van der Waals surface area contributed by atoms with Crippen LogP contribution in [-0.4, -0.2) is 88.9 Å². The molecule has 2 aliphatic rings. The highest BCUT2D eigenvalue weighted by molar-refractivity contribution is 6.00. The van der Waals surface area contributed by atoms with E-state index < -0.39 is 0 Å². The lowest BCUT2D eigenvalue weighted by molar-refractivity contribution is 0.0904. The zero-order valence-electron chi connectivity index (χ0n) is 33.7. The first-order valence-corrected chi connectivity index (χ1v) is 20.4. The van der Waals surface area contributed by atoms with E-state index in [1.165, 1.54) is 6.07 Å². The number of hydrogen-bond donors (Lipinski definition) is 3. The summed E-state index contributed by atoms with van der Waals surface area (Å²) in [4.78, 5) is 37.1. The van der Waals surface area contributed by atoms with Crippen LogP contribution in [0.2, 0.25) is 0 Å². The number of ether oxygens (including phenoxy) is 1. The van der Waals surface area contributed by atoms with Gasteiger partial charge in [0.25, 0.3) is 11.8 Å². The van der Waals surface area contributed by atoms with Crippen LogP contribution in [0.1, 0.15) is 81.8 Å². The Morgan fingerprint density at radius 2 is 1.67 bits per heavy atom. The zero-order valence-corrected chi connectivity index (χ0v) is 33.7. The molecular formula is C45H55FN8O3. The maximum absolute atomic E-state index is 15.2. The molecule has 57 heavy (non-hydrogen) atoms. The second-order valence-corrected chi connectivity index (χ2v) is 15.4. The molecule has 11 nitrogen and oxygen atoms in total. The lowest BCUT2D eigenvalue weighted by atomic mass is 10.00. The molecule has 0 atom stereocenters. The Balaban J connectivity index is 1.03. The van der Waals surface area contributed by atoms with Crippen molar-refractivity contribution in [2.75, 3.05) is 51.8 Å². The van der Waals surface area contributed by atoms with Gasteiger partial charge in [-0.1, -0.05) is 31.2 Å². The first-order chi connectivity index (χ1) is 27.7. The summed E-state index contributed by atoms with van der Waals surface area (Å²) in [6.45, 7) is 13.6. The number of pyridine rings is 1. The normalized spacial score (nSPS) is 15.7. The minimum atomic E-state index is -0.317. The van der Waals surface area contributed by atoms with Gasteiger partial charge in [0.1, 0.15) is 5.82 Å². The van der Waals surface area contributed by atoms with E-state index in [-0.39, 0.29) is 36.8 Å². The third kappa shape index (κ3) is 9.69. The molecule has 0 saturated carbocycles. The number of amides is 2. The van der Waals surface area contributed by atoms with Crippen molar-refractivity contribution < 1.29 is 18.7 Å². The van der Waals surface area contributed by atoms with Crippen molar-refractivity contribution in [1.82, 2.24) is 35.2 Å². The van der Waals surface area contributed by atoms with Crippen LogP contribution in [-0.2, 0) is 37.3 Å². The highest BCUT2D eigenvalue weighted by Crippen LogP contribution is 2.32. The highest BCUT2D eigenvalue weighted by atomic mass is 19.1. The van der Waals surface area contributed by atoms with E-state index in [4.69, 9.17) is 9.72 Å². The van der Waals surface area contributed by atoms with Crippen LogP contribution in [0, 0.1) is 12.7 Å². The van der Waals surface area contributed by atoms with Gasteiger partial charge >= 0.3 is 0 Å². The van der Waals surface area contributed by atoms with E-state index >= 15 is 4.39 Å². The Bertz CT molecular complexity index is 2210. The van der Waals surface area contributed by atoms with Gasteiger partial charge in [-0.2, -0.15) is 5.10 Å². The SMILES string of the molecule is CCc1nc2c(cnn2CC)c(NC2CCOCC2)c1CNC(=O)c1cc(C)cc(C(=O)NCc2ccc(F)c(-c3cccc(CN4CCCN(C)CC4)c3)c2)c1. The Morgan fingerprint density at radius 3 is 2.42 bits per heavy atom. The van der Waals surface area contributed by atoms with Crippen molar-refractivity contribution in [2.45, 2.75) is 78.7 Å². The van der Waals surface area contributed by atoms with Crippen molar-refractivity contribution in [3.63, 3.8) is 0 Å². The van der Waals surface area contributed by atoms with Gasteiger partial charge in [-0.05, 0) is 118 Å². The molecular weight excluding hydrogens is 720 g/mol. The van der Waals surface area contributed by atoms with Crippen LogP contribution in [0.3, 0.4) is 0 Å². The molecule has 0 bridgehead atoms. The number of aryl methyl sites for hydroxylation is 3. The van der Waals surface area contributed by atoms with Crippen LogP contribution in [0.15, 0.2) is 66.9 Å². The second kappa shape index (κ2) is 18.4. The third-order valence-corrected chi connectivity index (χ3v) is 11.1. The quantitative estimate of drug-likeness (QED) is 0.121. The topological polar surface area (TPSA) is 117 Å². The molecule has 4 heterocycles. The predicted octanol–water partition coefficient (Wildman–Crippen LogP) is 6.72. The number of anilines is 1. The summed E-state index contributed by atoms with van der Waals surface area (Å²) in [5.74, 6) is -0.912. The molecule has 5 aromatic rings. The zero-order chi connectivity index (χ0) is 39.9. The molecule has 3 N–H and O–H groups in total. The van der Waals surface area contributed by atoms with Crippen molar-refractivity contribution in [1.29, 1.82) is 0 Å². The van der Waals surface area contributed by atoms with Gasteiger partial charge in [0, 0.05) is 86.5 Å². The number of likely N-dealkylation sites (N-methyl/N-ethyl adjacent to an activating group) is 1. The fraction of sp³-hybridized carbons (Fsp3) is 0.422. The van der Waals surface area contributed by atoms with Gasteiger partial charge in [-0.25, -0.2) is 14.1 Å². The van der Waals surface area contributed by atoms with E-state index in [0.717, 1.165) is 102 Å². The maximum Gasteiger partial charge on any atom is 0.251 e. The van der Waals surface area contributed by atoms with Crippen LogP contribution in [0.5, 0.6) is 0 Å². The van der Waals surface area contributed by atoms with Gasteiger partial charge in [0.2, 0.25) is 0 Å². The van der Waals surface area contributed by atoms with Crippen LogP contribution < -0.4 is 16.0 Å². The summed E-state index contributed by atoms with van der Waals surface area (Å²) >= 11 is 0. The van der Waals surface area contributed by atoms with Gasteiger partial charge in [-0.3, -0.25) is 14.5 Å². The average Bonchev–Trinajstić information content (AvgIpc) is 3.53. The number of nitrogens with one attached hydrogen (secondary N) is 3. The second-order valence-electron chi connectivity index (χ2n) is 15.4. The summed E-state index contributed by atoms with van der Waals surface area (Å²) in [6.07, 6.45) is 5.45. The number of nitrogens with zero attached hydrogens (tertiary/aromatic N) is 5. The molecule has 0 spiro atoms. The highest BCUT2D eigenvalue weighted by Gasteiger charge is 2.23. The van der Waals surface area contributed by atoms with Gasteiger partial charge in [-0.15, -0.1) is 0 Å². The minimum absolute atomic E-state index is 0.204. The van der Waals surface area contributed by atoms with E-state index in [1.807, 2.05) is 36.9 Å². The Kier molecular flexibility index (Phi) is 12.9. The fourth-order valence-corrected chi connectivity index (χ4v) is 7.96. The summed E-state index contributed by atoms with van der Waals surface area (Å²) in [5, 5.41) is 15.4. The monoisotopic (exact) mass is 774 g/mol. The van der Waals surface area contributed by atoms with E-state index in [2.05, 4.69) is 57.0 Å². The molecule has 300 valence electrons. The Hall–Kier alpha value is -5.17. The molecule has 2 amide bonds. The molecule has 12 heteroatoms. The molecule has 2 saturated heterocycles. The number of benzene rings is 3. The van der Waals surface area contributed by atoms with Crippen molar-refractivity contribution in [2.24, 2.45) is 0 Å². The predicted molar refractivity (Wildman–Crippen MR) is 223 cm³/mol. The molecule has 0 unspecified atom stereocenters. The number of aromatic nitrogens is 3. The van der Waals surface area contributed by atoms with Gasteiger partial charge < -0.3 is 25.6 Å². The van der Waals surface area contributed by atoms with Gasteiger partial charge in [0.05, 0.1) is 17.3 Å². The van der Waals surface area contributed by atoms with Crippen molar-refractivity contribution in [3.05, 3.63) is 112 Å². The molecule has 2 aliphatic heterocycles. The molecule has 0 radical (unpaired) electrons. The van der Waals surface area contributed by atoms with E-state index in [0.29, 0.717) is 42.9 Å². The Morgan fingerprint density at radius 1 is 0.895 bits per heavy atom. The standard InChI is InChI=1S/C45H55FN8O3/c1-5-41-38(42(50-36-13-19-57-20-14-36)39-28-49-54(6-2)43(39)51-41)27-48-45(56)35-22-30(3)21-34(25-35)44(55)47-26-31-11-12-40(46)37(24-31)33-10-7-9-32(23-33)29-53-16-8-15-52(4)17-18-53/h7,9-12,21-25,28,36H,5-6,8,13-20,26-27,29H2,1-4H3,(H,47,55)(H,48,56)(H,50,51). The molecule has 2 aromatic heterocycles. The average molecular weight is 775 g/mol. The molecule has 7 rings (SSSR count). The lowest BCUT2D eigenvalue weighted by Crippen LogP contribution is -2.30. The number of carbonyl (C=O) groups is 2. The van der Waals surface area contributed by atoms with Gasteiger partial charge in [0.15, 0.2) is 5.65 Å². The first-order valence-electron chi connectivity index (χ1n) is 20.4. The number of carbonyl (C=O) groups excluding carboxylic acids is 2. The summed E-state index contributed by atoms with van der Waals surface area (Å²) in [6, 6.07) is 18.4. The summed E-state index contributed by atoms with van der Waals surface area (Å²) in [5.41, 5.74) is 8.39. The minimum Gasteiger partial charge on any atom is -0.381 e. The molecule has 0 aliphatic carbocycles. The summed E-state index contributed by atoms with van der Waals surface area (Å²) in [7, 11) is 2.16. The van der Waals surface area contributed by atoms with Crippen molar-refractivity contribution in [3.8, 4) is 11.1 Å². The molecule has 3 aromatic carbocycles.